The number of carbonyl (C=O) groups excluding carboxylic acids is 1. The molecule has 2 heterocycles. The second-order valence-corrected chi connectivity index (χ2v) is 5.23. The van der Waals surface area contributed by atoms with E-state index in [1.807, 2.05) is 12.3 Å². The highest BCUT2D eigenvalue weighted by molar-refractivity contribution is 5.79. The Balaban J connectivity index is 1.66. The third kappa shape index (κ3) is 3.32. The van der Waals surface area contributed by atoms with Crippen LogP contribution in [0.2, 0.25) is 0 Å². The van der Waals surface area contributed by atoms with Crippen molar-refractivity contribution < 1.29 is 13.9 Å². The van der Waals surface area contributed by atoms with Crippen LogP contribution in [0, 0.1) is 5.82 Å². The summed E-state index contributed by atoms with van der Waals surface area (Å²) in [7, 11) is 0. The van der Waals surface area contributed by atoms with E-state index in [1.165, 1.54) is 12.1 Å². The van der Waals surface area contributed by atoms with Gasteiger partial charge in [0.25, 0.3) is 0 Å². The van der Waals surface area contributed by atoms with Crippen molar-refractivity contribution >= 4 is 5.91 Å². The molecular formula is C15H17FN4O2. The largest absolute Gasteiger partial charge is 0.367 e. The Labute approximate surface area is 127 Å². The van der Waals surface area contributed by atoms with Crippen LogP contribution in [0.1, 0.15) is 0 Å². The molecule has 0 saturated carbocycles. The Kier molecular flexibility index (Phi) is 4.17. The van der Waals surface area contributed by atoms with Crippen LogP contribution in [0.3, 0.4) is 0 Å². The predicted octanol–water partition coefficient (Wildman–Crippen LogP) is 0.833. The summed E-state index contributed by atoms with van der Waals surface area (Å²) in [5.74, 6) is -0.717. The highest BCUT2D eigenvalue weighted by Crippen LogP contribution is 2.17. The smallest absolute Gasteiger partial charge is 0.247 e. The average molecular weight is 304 g/mol. The molecule has 2 N–H and O–H groups in total. The maximum Gasteiger partial charge on any atom is 0.247 e. The van der Waals surface area contributed by atoms with E-state index < -0.39 is 12.0 Å². The molecule has 1 aliphatic rings. The minimum Gasteiger partial charge on any atom is -0.367 e. The van der Waals surface area contributed by atoms with E-state index in [9.17, 15) is 9.18 Å². The Hall–Kier alpha value is -2.25. The zero-order chi connectivity index (χ0) is 15.5. The number of aromatic nitrogens is 2. The lowest BCUT2D eigenvalue weighted by Gasteiger charge is -2.30. The van der Waals surface area contributed by atoms with E-state index in [2.05, 4.69) is 10.00 Å². The summed E-state index contributed by atoms with van der Waals surface area (Å²) in [6.07, 6.45) is 1.29. The van der Waals surface area contributed by atoms with E-state index in [1.54, 1.807) is 16.8 Å². The molecule has 1 saturated heterocycles. The van der Waals surface area contributed by atoms with Gasteiger partial charge >= 0.3 is 0 Å². The first-order valence-corrected chi connectivity index (χ1v) is 7.04. The molecule has 1 atom stereocenters. The molecule has 1 aromatic carbocycles. The lowest BCUT2D eigenvalue weighted by Crippen LogP contribution is -2.48. The number of carbonyl (C=O) groups is 1. The summed E-state index contributed by atoms with van der Waals surface area (Å²) >= 11 is 0. The predicted molar refractivity (Wildman–Crippen MR) is 78.1 cm³/mol. The van der Waals surface area contributed by atoms with Gasteiger partial charge in [0.1, 0.15) is 11.9 Å². The van der Waals surface area contributed by atoms with Crippen LogP contribution in [-0.2, 0) is 16.2 Å². The first-order chi connectivity index (χ1) is 10.6. The Morgan fingerprint density at radius 1 is 1.36 bits per heavy atom. The molecule has 7 heteroatoms. The molecule has 0 aliphatic carbocycles. The molecule has 116 valence electrons. The number of rotatable bonds is 4. The first kappa shape index (κ1) is 14.7. The molecule has 1 fully saturated rings. The molecule has 0 spiro atoms. The SMILES string of the molecule is NC(=O)[C@H]1CN(Cn2ccc(-c3ccc(F)cc3)n2)CCO1. The summed E-state index contributed by atoms with van der Waals surface area (Å²) in [5.41, 5.74) is 6.91. The number of ether oxygens (including phenoxy) is 1. The molecule has 0 unspecified atom stereocenters. The van der Waals surface area contributed by atoms with Gasteiger partial charge < -0.3 is 10.5 Å². The monoisotopic (exact) mass is 304 g/mol. The number of morpholine rings is 1. The standard InChI is InChI=1S/C15H17FN4O2/c16-12-3-1-11(2-4-12)13-5-6-20(18-13)10-19-7-8-22-14(9-19)15(17)21/h1-6,14H,7-10H2,(H2,17,21)/t14-/m1/s1. The van der Waals surface area contributed by atoms with Crippen LogP contribution in [0.4, 0.5) is 4.39 Å². The van der Waals surface area contributed by atoms with Crippen LogP contribution in [-0.4, -0.2) is 46.4 Å². The Morgan fingerprint density at radius 3 is 2.86 bits per heavy atom. The molecular weight excluding hydrogens is 287 g/mol. The topological polar surface area (TPSA) is 73.4 Å². The lowest BCUT2D eigenvalue weighted by molar-refractivity contribution is -0.136. The van der Waals surface area contributed by atoms with Crippen molar-refractivity contribution in [2.24, 2.45) is 5.73 Å². The van der Waals surface area contributed by atoms with Gasteiger partial charge in [0, 0.05) is 24.8 Å². The van der Waals surface area contributed by atoms with E-state index in [0.717, 1.165) is 17.8 Å². The number of halogens is 1. The van der Waals surface area contributed by atoms with Crippen molar-refractivity contribution in [2.75, 3.05) is 19.7 Å². The molecule has 1 aromatic heterocycles. The first-order valence-electron chi connectivity index (χ1n) is 7.04. The van der Waals surface area contributed by atoms with Crippen molar-refractivity contribution in [3.05, 3.63) is 42.3 Å². The Morgan fingerprint density at radius 2 is 2.14 bits per heavy atom. The second kappa shape index (κ2) is 6.25. The van der Waals surface area contributed by atoms with E-state index in [4.69, 9.17) is 10.5 Å². The number of benzene rings is 1. The van der Waals surface area contributed by atoms with Crippen molar-refractivity contribution in [2.45, 2.75) is 12.8 Å². The molecule has 3 rings (SSSR count). The van der Waals surface area contributed by atoms with Crippen LogP contribution in [0.5, 0.6) is 0 Å². The number of primary amides is 1. The minimum atomic E-state index is -0.569. The third-order valence-corrected chi connectivity index (χ3v) is 3.59. The van der Waals surface area contributed by atoms with Gasteiger partial charge in [0.2, 0.25) is 5.91 Å². The van der Waals surface area contributed by atoms with Gasteiger partial charge in [-0.1, -0.05) is 0 Å². The lowest BCUT2D eigenvalue weighted by atomic mass is 10.1. The molecule has 22 heavy (non-hydrogen) atoms. The normalized spacial score (nSPS) is 19.2. The van der Waals surface area contributed by atoms with Gasteiger partial charge in [-0.15, -0.1) is 0 Å². The fraction of sp³-hybridized carbons (Fsp3) is 0.333. The number of nitrogens with two attached hydrogens (primary N) is 1. The zero-order valence-electron chi connectivity index (χ0n) is 12.0. The highest BCUT2D eigenvalue weighted by atomic mass is 19.1. The van der Waals surface area contributed by atoms with Crippen LogP contribution < -0.4 is 5.73 Å². The third-order valence-electron chi connectivity index (χ3n) is 3.59. The summed E-state index contributed by atoms with van der Waals surface area (Å²) in [6, 6.07) is 8.08. The molecule has 1 aliphatic heterocycles. The van der Waals surface area contributed by atoms with Gasteiger partial charge in [0.15, 0.2) is 0 Å². The van der Waals surface area contributed by atoms with Gasteiger partial charge in [-0.25, -0.2) is 4.39 Å². The van der Waals surface area contributed by atoms with Crippen molar-refractivity contribution in [1.29, 1.82) is 0 Å². The van der Waals surface area contributed by atoms with Crippen LogP contribution in [0.25, 0.3) is 11.3 Å². The summed E-state index contributed by atoms with van der Waals surface area (Å²) in [6.45, 7) is 2.20. The molecule has 1 amide bonds. The molecule has 6 nitrogen and oxygen atoms in total. The Bertz CT molecular complexity index is 656. The number of hydrogen-bond acceptors (Lipinski definition) is 4. The quantitative estimate of drug-likeness (QED) is 0.908. The van der Waals surface area contributed by atoms with Crippen LogP contribution >= 0.6 is 0 Å². The highest BCUT2D eigenvalue weighted by Gasteiger charge is 2.24. The fourth-order valence-electron chi connectivity index (χ4n) is 2.42. The van der Waals surface area contributed by atoms with Gasteiger partial charge in [0.05, 0.1) is 19.0 Å². The maximum atomic E-state index is 12.9. The van der Waals surface area contributed by atoms with Gasteiger partial charge in [-0.2, -0.15) is 5.10 Å². The maximum absolute atomic E-state index is 12.9. The molecule has 0 bridgehead atoms. The number of amides is 1. The van der Waals surface area contributed by atoms with Gasteiger partial charge in [-0.3, -0.25) is 14.4 Å². The minimum absolute atomic E-state index is 0.269. The summed E-state index contributed by atoms with van der Waals surface area (Å²) in [5, 5.41) is 4.47. The van der Waals surface area contributed by atoms with E-state index >= 15 is 0 Å². The number of nitrogens with zero attached hydrogens (tertiary/aromatic N) is 3. The van der Waals surface area contributed by atoms with Crippen molar-refractivity contribution in [3.63, 3.8) is 0 Å². The fourth-order valence-corrected chi connectivity index (χ4v) is 2.42. The number of hydrogen-bond donors (Lipinski definition) is 1. The van der Waals surface area contributed by atoms with Crippen molar-refractivity contribution in [1.82, 2.24) is 14.7 Å². The van der Waals surface area contributed by atoms with Crippen molar-refractivity contribution in [3.8, 4) is 11.3 Å². The zero-order valence-corrected chi connectivity index (χ0v) is 12.0. The second-order valence-electron chi connectivity index (χ2n) is 5.23. The summed E-state index contributed by atoms with van der Waals surface area (Å²) in [4.78, 5) is 13.2. The average Bonchev–Trinajstić information content (AvgIpc) is 2.96. The van der Waals surface area contributed by atoms with E-state index in [0.29, 0.717) is 19.8 Å². The van der Waals surface area contributed by atoms with Crippen LogP contribution in [0.15, 0.2) is 36.5 Å². The molecule has 0 radical (unpaired) electrons. The molecule has 2 aromatic rings. The summed E-state index contributed by atoms with van der Waals surface area (Å²) < 4.78 is 20.0. The van der Waals surface area contributed by atoms with E-state index in [-0.39, 0.29) is 5.82 Å². The van der Waals surface area contributed by atoms with Gasteiger partial charge in [-0.05, 0) is 30.3 Å².